The largest absolute Gasteiger partial charge is 0.354 e. The normalized spacial score (nSPS) is 11.1. The van der Waals surface area contributed by atoms with E-state index in [1.165, 1.54) is 18.3 Å². The van der Waals surface area contributed by atoms with Crippen molar-refractivity contribution in [1.29, 1.82) is 5.41 Å². The maximum atomic E-state index is 13.3. The molecule has 3 rings (SSSR count). The smallest absolute Gasteiger partial charge is 0.202 e. The van der Waals surface area contributed by atoms with Gasteiger partial charge in [-0.25, -0.2) is 14.4 Å². The van der Waals surface area contributed by atoms with Crippen LogP contribution in [0, 0.1) is 11.2 Å². The van der Waals surface area contributed by atoms with Gasteiger partial charge in [-0.2, -0.15) is 4.98 Å². The van der Waals surface area contributed by atoms with Gasteiger partial charge >= 0.3 is 0 Å². The SMILES string of the molecule is CC(C)Nc1nc2nccc(C(=N)N(O)c3ccc(F)c(Cl)c3)c2[nH]1. The molecular weight excluding hydrogens is 347 g/mol. The van der Waals surface area contributed by atoms with Gasteiger partial charge in [-0.15, -0.1) is 0 Å². The Hall–Kier alpha value is -2.71. The first-order valence-electron chi connectivity index (χ1n) is 7.51. The van der Waals surface area contributed by atoms with Gasteiger partial charge in [0.25, 0.3) is 0 Å². The number of hydrogen-bond donors (Lipinski definition) is 4. The molecule has 3 aromatic rings. The number of aromatic amines is 1. The molecule has 0 spiro atoms. The van der Waals surface area contributed by atoms with Gasteiger partial charge in [0.15, 0.2) is 11.5 Å². The summed E-state index contributed by atoms with van der Waals surface area (Å²) in [6.45, 7) is 3.94. The van der Waals surface area contributed by atoms with Crippen LogP contribution in [-0.2, 0) is 0 Å². The lowest BCUT2D eigenvalue weighted by atomic mass is 10.2. The minimum Gasteiger partial charge on any atom is -0.354 e. The lowest BCUT2D eigenvalue weighted by Gasteiger charge is -2.18. The predicted molar refractivity (Wildman–Crippen MR) is 95.2 cm³/mol. The number of aromatic nitrogens is 3. The maximum absolute atomic E-state index is 13.3. The fraction of sp³-hybridized carbons (Fsp3) is 0.188. The molecule has 0 atom stereocenters. The van der Waals surface area contributed by atoms with E-state index in [2.05, 4.69) is 20.3 Å². The summed E-state index contributed by atoms with van der Waals surface area (Å²) in [6, 6.07) is 5.43. The van der Waals surface area contributed by atoms with Crippen molar-refractivity contribution in [2.75, 3.05) is 10.4 Å². The van der Waals surface area contributed by atoms with E-state index >= 15 is 0 Å². The monoisotopic (exact) mass is 362 g/mol. The van der Waals surface area contributed by atoms with Crippen LogP contribution in [0.5, 0.6) is 0 Å². The zero-order valence-electron chi connectivity index (χ0n) is 13.5. The molecule has 0 fully saturated rings. The summed E-state index contributed by atoms with van der Waals surface area (Å²) in [7, 11) is 0. The van der Waals surface area contributed by atoms with Gasteiger partial charge in [-0.05, 0) is 38.1 Å². The summed E-state index contributed by atoms with van der Waals surface area (Å²) < 4.78 is 13.3. The van der Waals surface area contributed by atoms with Crippen molar-refractivity contribution < 1.29 is 9.60 Å². The number of anilines is 2. The molecule has 4 N–H and O–H groups in total. The zero-order valence-corrected chi connectivity index (χ0v) is 14.3. The minimum absolute atomic E-state index is 0.144. The molecule has 0 radical (unpaired) electrons. The van der Waals surface area contributed by atoms with Crippen molar-refractivity contribution in [3.05, 3.63) is 46.9 Å². The lowest BCUT2D eigenvalue weighted by molar-refractivity contribution is 0.312. The Bertz CT molecular complexity index is 942. The molecule has 0 saturated carbocycles. The highest BCUT2D eigenvalue weighted by atomic mass is 35.5. The molecule has 0 saturated heterocycles. The molecule has 7 nitrogen and oxygen atoms in total. The van der Waals surface area contributed by atoms with E-state index in [0.29, 0.717) is 27.7 Å². The molecule has 9 heteroatoms. The second kappa shape index (κ2) is 6.66. The highest BCUT2D eigenvalue weighted by Crippen LogP contribution is 2.24. The topological polar surface area (TPSA) is 101 Å². The first-order chi connectivity index (χ1) is 11.9. The third kappa shape index (κ3) is 3.40. The first kappa shape index (κ1) is 17.1. The average Bonchev–Trinajstić information content (AvgIpc) is 2.97. The van der Waals surface area contributed by atoms with E-state index in [0.717, 1.165) is 6.07 Å². The van der Waals surface area contributed by atoms with Crippen LogP contribution in [0.2, 0.25) is 5.02 Å². The average molecular weight is 363 g/mol. The number of imidazole rings is 1. The van der Waals surface area contributed by atoms with Crippen molar-refractivity contribution in [1.82, 2.24) is 15.0 Å². The molecule has 2 aromatic heterocycles. The van der Waals surface area contributed by atoms with Gasteiger partial charge in [0, 0.05) is 17.8 Å². The molecule has 1 aromatic carbocycles. The Labute approximate surface area is 147 Å². The fourth-order valence-electron chi connectivity index (χ4n) is 2.31. The Balaban J connectivity index is 1.98. The van der Waals surface area contributed by atoms with Crippen molar-refractivity contribution in [3.63, 3.8) is 0 Å². The van der Waals surface area contributed by atoms with E-state index < -0.39 is 5.82 Å². The Kier molecular flexibility index (Phi) is 4.56. The molecular formula is C16H16ClFN6O. The molecule has 0 aliphatic carbocycles. The molecule has 2 heterocycles. The summed E-state index contributed by atoms with van der Waals surface area (Å²) in [5.41, 5.74) is 1.47. The lowest BCUT2D eigenvalue weighted by Crippen LogP contribution is -2.27. The zero-order chi connectivity index (χ0) is 18.1. The number of pyridine rings is 1. The Morgan fingerprint density at radius 3 is 2.84 bits per heavy atom. The molecule has 0 aliphatic rings. The second-order valence-corrected chi connectivity index (χ2v) is 6.11. The summed E-state index contributed by atoms with van der Waals surface area (Å²) in [6.07, 6.45) is 1.50. The summed E-state index contributed by atoms with van der Waals surface area (Å²) in [4.78, 5) is 11.5. The van der Waals surface area contributed by atoms with Gasteiger partial charge < -0.3 is 10.3 Å². The highest BCUT2D eigenvalue weighted by molar-refractivity contribution is 6.31. The number of halogens is 2. The van der Waals surface area contributed by atoms with Gasteiger partial charge in [-0.1, -0.05) is 11.6 Å². The van der Waals surface area contributed by atoms with Gasteiger partial charge in [0.05, 0.1) is 16.2 Å². The van der Waals surface area contributed by atoms with Crippen LogP contribution in [0.4, 0.5) is 16.0 Å². The van der Waals surface area contributed by atoms with Crippen LogP contribution in [0.3, 0.4) is 0 Å². The number of fused-ring (bicyclic) bond motifs is 1. The molecule has 0 unspecified atom stereocenters. The third-order valence-corrected chi connectivity index (χ3v) is 3.72. The van der Waals surface area contributed by atoms with Crippen LogP contribution < -0.4 is 10.4 Å². The number of nitrogens with zero attached hydrogens (tertiary/aromatic N) is 3. The fourth-order valence-corrected chi connectivity index (χ4v) is 2.48. The van der Waals surface area contributed by atoms with Crippen LogP contribution >= 0.6 is 11.6 Å². The van der Waals surface area contributed by atoms with Crippen LogP contribution in [0.1, 0.15) is 19.4 Å². The van der Waals surface area contributed by atoms with E-state index in [1.54, 1.807) is 6.07 Å². The van der Waals surface area contributed by atoms with Crippen LogP contribution in [0.25, 0.3) is 11.2 Å². The van der Waals surface area contributed by atoms with E-state index in [9.17, 15) is 9.60 Å². The number of hydroxylamine groups is 1. The van der Waals surface area contributed by atoms with Gasteiger partial charge in [0.2, 0.25) is 5.95 Å². The number of amidine groups is 1. The second-order valence-electron chi connectivity index (χ2n) is 5.70. The van der Waals surface area contributed by atoms with Crippen molar-refractivity contribution in [2.45, 2.75) is 19.9 Å². The van der Waals surface area contributed by atoms with Crippen molar-refractivity contribution in [3.8, 4) is 0 Å². The quantitative estimate of drug-likeness (QED) is 0.321. The van der Waals surface area contributed by atoms with Crippen molar-refractivity contribution in [2.24, 2.45) is 0 Å². The first-order valence-corrected chi connectivity index (χ1v) is 7.89. The van der Waals surface area contributed by atoms with Crippen LogP contribution in [-0.4, -0.2) is 32.0 Å². The number of benzene rings is 1. The molecule has 25 heavy (non-hydrogen) atoms. The maximum Gasteiger partial charge on any atom is 0.202 e. The standard InChI is InChI=1S/C16H16ClFN6O/c1-8(2)21-16-22-13-10(5-6-20-15(13)23-16)14(19)24(25)9-3-4-12(18)11(17)7-9/h3-8,19,25H,1-2H3,(H2,20,21,22,23). The highest BCUT2D eigenvalue weighted by Gasteiger charge is 2.18. The Morgan fingerprint density at radius 1 is 1.40 bits per heavy atom. The summed E-state index contributed by atoms with van der Waals surface area (Å²) in [5.74, 6) is -0.309. The van der Waals surface area contributed by atoms with Crippen molar-refractivity contribution >= 4 is 40.2 Å². The molecule has 0 aliphatic heterocycles. The van der Waals surface area contributed by atoms with Gasteiger partial charge in [-0.3, -0.25) is 10.6 Å². The number of hydrogen-bond acceptors (Lipinski definition) is 5. The van der Waals surface area contributed by atoms with E-state index in [-0.39, 0.29) is 22.6 Å². The number of nitrogens with one attached hydrogen (secondary N) is 3. The molecule has 130 valence electrons. The number of H-pyrrole nitrogens is 1. The number of rotatable bonds is 4. The van der Waals surface area contributed by atoms with E-state index in [4.69, 9.17) is 17.0 Å². The summed E-state index contributed by atoms with van der Waals surface area (Å²) in [5, 5.41) is 22.2. The van der Waals surface area contributed by atoms with E-state index in [1.807, 2.05) is 13.8 Å². The molecule has 0 bridgehead atoms. The molecule has 0 amide bonds. The van der Waals surface area contributed by atoms with Gasteiger partial charge in [0.1, 0.15) is 5.82 Å². The third-order valence-electron chi connectivity index (χ3n) is 3.43. The predicted octanol–water partition coefficient (Wildman–Crippen LogP) is 3.79. The van der Waals surface area contributed by atoms with Crippen LogP contribution in [0.15, 0.2) is 30.5 Å². The summed E-state index contributed by atoms with van der Waals surface area (Å²) >= 11 is 5.74. The Morgan fingerprint density at radius 2 is 2.16 bits per heavy atom. The minimum atomic E-state index is -0.602.